The van der Waals surface area contributed by atoms with Gasteiger partial charge in [0.15, 0.2) is 5.78 Å². The van der Waals surface area contributed by atoms with Gasteiger partial charge >= 0.3 is 0 Å². The van der Waals surface area contributed by atoms with Crippen LogP contribution in [0.5, 0.6) is 0 Å². The van der Waals surface area contributed by atoms with Crippen molar-refractivity contribution in [1.29, 1.82) is 0 Å². The molecule has 1 N–H and O–H groups in total. The molecule has 1 atom stereocenters. The summed E-state index contributed by atoms with van der Waals surface area (Å²) in [5, 5.41) is 3.24. The maximum Gasteiger partial charge on any atom is 0.243 e. The summed E-state index contributed by atoms with van der Waals surface area (Å²) in [6, 6.07) is 14.9. The van der Waals surface area contributed by atoms with Gasteiger partial charge in [-0.3, -0.25) is 4.79 Å². The maximum absolute atomic E-state index is 12.8. The third-order valence-electron chi connectivity index (χ3n) is 5.57. The molecule has 3 rings (SSSR count). The number of hydrogen-bond donors (Lipinski definition) is 1. The molecule has 0 saturated carbocycles. The Bertz CT molecular complexity index is 965. The first-order valence-corrected chi connectivity index (χ1v) is 11.8. The average Bonchev–Trinajstić information content (AvgIpc) is 3.28. The standard InChI is InChI=1S/C23H31N3O3S/c1-18-9-11-19(12-10-18)22(25(2)3)16-24-17-23(27)20-7-6-8-21(15-20)30(28,29)26-13-4-5-14-26/h6-12,15,22,24H,4-5,13-14,16-17H2,1-3H3. The summed E-state index contributed by atoms with van der Waals surface area (Å²) >= 11 is 0. The Hall–Kier alpha value is -2.06. The highest BCUT2D eigenvalue weighted by Crippen LogP contribution is 2.22. The second-order valence-electron chi connectivity index (χ2n) is 8.08. The second kappa shape index (κ2) is 9.83. The predicted molar refractivity (Wildman–Crippen MR) is 119 cm³/mol. The number of rotatable bonds is 9. The SMILES string of the molecule is Cc1ccc(C(CNCC(=O)c2cccc(S(=O)(=O)N3CCCC3)c2)N(C)C)cc1. The second-order valence-corrected chi connectivity index (χ2v) is 10.0. The largest absolute Gasteiger partial charge is 0.308 e. The fourth-order valence-electron chi connectivity index (χ4n) is 3.72. The Balaban J connectivity index is 1.64. The number of carbonyl (C=O) groups is 1. The fraction of sp³-hybridized carbons (Fsp3) is 0.435. The molecule has 162 valence electrons. The molecule has 7 heteroatoms. The molecule has 0 amide bonds. The number of nitrogens with zero attached hydrogens (tertiary/aromatic N) is 2. The highest BCUT2D eigenvalue weighted by Gasteiger charge is 2.27. The van der Waals surface area contributed by atoms with Gasteiger partial charge in [-0.1, -0.05) is 42.0 Å². The van der Waals surface area contributed by atoms with E-state index in [2.05, 4.69) is 41.4 Å². The van der Waals surface area contributed by atoms with Crippen LogP contribution in [0.2, 0.25) is 0 Å². The van der Waals surface area contributed by atoms with Gasteiger partial charge in [-0.05, 0) is 51.6 Å². The van der Waals surface area contributed by atoms with Crippen LogP contribution in [-0.4, -0.2) is 63.7 Å². The number of aryl methyl sites for hydroxylation is 1. The lowest BCUT2D eigenvalue weighted by Gasteiger charge is -2.25. The number of ketones is 1. The highest BCUT2D eigenvalue weighted by molar-refractivity contribution is 7.89. The number of benzene rings is 2. The van der Waals surface area contributed by atoms with E-state index in [1.165, 1.54) is 21.5 Å². The minimum absolute atomic E-state index is 0.116. The van der Waals surface area contributed by atoms with E-state index in [1.807, 2.05) is 14.1 Å². The molecule has 0 spiro atoms. The van der Waals surface area contributed by atoms with E-state index in [1.54, 1.807) is 18.2 Å². The Labute approximate surface area is 179 Å². The molecule has 1 aliphatic heterocycles. The van der Waals surface area contributed by atoms with Gasteiger partial charge in [-0.15, -0.1) is 0 Å². The highest BCUT2D eigenvalue weighted by atomic mass is 32.2. The summed E-state index contributed by atoms with van der Waals surface area (Å²) in [5.41, 5.74) is 2.81. The van der Waals surface area contributed by atoms with Crippen molar-refractivity contribution < 1.29 is 13.2 Å². The van der Waals surface area contributed by atoms with Gasteiger partial charge in [0.1, 0.15) is 0 Å². The molecule has 2 aromatic carbocycles. The zero-order valence-electron chi connectivity index (χ0n) is 18.0. The lowest BCUT2D eigenvalue weighted by Crippen LogP contribution is -2.34. The number of carbonyl (C=O) groups excluding carboxylic acids is 1. The normalized spacial score (nSPS) is 16.1. The van der Waals surface area contributed by atoms with Crippen LogP contribution in [0.25, 0.3) is 0 Å². The maximum atomic E-state index is 12.8. The van der Waals surface area contributed by atoms with Gasteiger partial charge in [-0.2, -0.15) is 4.31 Å². The van der Waals surface area contributed by atoms with Crippen LogP contribution in [0.4, 0.5) is 0 Å². The number of nitrogens with one attached hydrogen (secondary N) is 1. The van der Waals surface area contributed by atoms with Crippen LogP contribution in [0.15, 0.2) is 53.4 Å². The van der Waals surface area contributed by atoms with Crippen molar-refractivity contribution >= 4 is 15.8 Å². The Morgan fingerprint density at radius 3 is 2.40 bits per heavy atom. The van der Waals surface area contributed by atoms with Crippen LogP contribution in [0.3, 0.4) is 0 Å². The molecule has 1 fully saturated rings. The van der Waals surface area contributed by atoms with Crippen LogP contribution < -0.4 is 5.32 Å². The van der Waals surface area contributed by atoms with Gasteiger partial charge in [0.2, 0.25) is 10.0 Å². The number of sulfonamides is 1. The van der Waals surface area contributed by atoms with Crippen molar-refractivity contribution in [3.05, 3.63) is 65.2 Å². The average molecular weight is 430 g/mol. The molecule has 1 heterocycles. The quantitative estimate of drug-likeness (QED) is 0.621. The summed E-state index contributed by atoms with van der Waals surface area (Å²) in [7, 11) is 0.504. The van der Waals surface area contributed by atoms with E-state index in [4.69, 9.17) is 0 Å². The summed E-state index contributed by atoms with van der Waals surface area (Å²) < 4.78 is 27.0. The predicted octanol–water partition coefficient (Wildman–Crippen LogP) is 2.85. The summed E-state index contributed by atoms with van der Waals surface area (Å²) in [6.45, 7) is 3.93. The van der Waals surface area contributed by atoms with E-state index in [0.717, 1.165) is 12.8 Å². The Kier molecular flexibility index (Phi) is 7.41. The first-order valence-electron chi connectivity index (χ1n) is 10.4. The summed E-state index contributed by atoms with van der Waals surface area (Å²) in [4.78, 5) is 15.0. The molecule has 6 nitrogen and oxygen atoms in total. The van der Waals surface area contributed by atoms with E-state index in [0.29, 0.717) is 25.2 Å². The monoisotopic (exact) mass is 429 g/mol. The molecule has 0 radical (unpaired) electrons. The lowest BCUT2D eigenvalue weighted by atomic mass is 10.0. The van der Waals surface area contributed by atoms with E-state index >= 15 is 0 Å². The van der Waals surface area contributed by atoms with Gasteiger partial charge in [0.05, 0.1) is 11.4 Å². The minimum atomic E-state index is -3.53. The third-order valence-corrected chi connectivity index (χ3v) is 7.46. The molecule has 1 unspecified atom stereocenters. The summed E-state index contributed by atoms with van der Waals surface area (Å²) in [5.74, 6) is -0.116. The van der Waals surface area contributed by atoms with Crippen molar-refractivity contribution in [3.63, 3.8) is 0 Å². The smallest absolute Gasteiger partial charge is 0.243 e. The topological polar surface area (TPSA) is 69.7 Å². The number of hydrogen-bond acceptors (Lipinski definition) is 5. The van der Waals surface area contributed by atoms with E-state index < -0.39 is 10.0 Å². The molecule has 30 heavy (non-hydrogen) atoms. The van der Waals surface area contributed by atoms with Gasteiger partial charge in [-0.25, -0.2) is 8.42 Å². The van der Waals surface area contributed by atoms with Crippen molar-refractivity contribution in [2.24, 2.45) is 0 Å². The lowest BCUT2D eigenvalue weighted by molar-refractivity contribution is 0.0988. The first kappa shape index (κ1) is 22.6. The van der Waals surface area contributed by atoms with Gasteiger partial charge in [0, 0.05) is 31.2 Å². The van der Waals surface area contributed by atoms with Crippen molar-refractivity contribution in [1.82, 2.24) is 14.5 Å². The van der Waals surface area contributed by atoms with E-state index in [-0.39, 0.29) is 23.3 Å². The molecular weight excluding hydrogens is 398 g/mol. The van der Waals surface area contributed by atoms with Crippen molar-refractivity contribution in [3.8, 4) is 0 Å². The van der Waals surface area contributed by atoms with Crippen molar-refractivity contribution in [2.45, 2.75) is 30.7 Å². The van der Waals surface area contributed by atoms with Crippen LogP contribution in [0.1, 0.15) is 40.4 Å². The molecule has 0 aromatic heterocycles. The third kappa shape index (κ3) is 5.35. The van der Waals surface area contributed by atoms with E-state index in [9.17, 15) is 13.2 Å². The van der Waals surface area contributed by atoms with Crippen LogP contribution >= 0.6 is 0 Å². The van der Waals surface area contributed by atoms with Crippen LogP contribution in [0, 0.1) is 6.92 Å². The van der Waals surface area contributed by atoms with Gasteiger partial charge < -0.3 is 10.2 Å². The number of Topliss-reactive ketones (excluding diaryl/α,β-unsaturated/α-hetero) is 1. The fourth-order valence-corrected chi connectivity index (χ4v) is 5.28. The zero-order chi connectivity index (χ0) is 21.7. The molecule has 0 aliphatic carbocycles. The molecule has 1 aliphatic rings. The number of likely N-dealkylation sites (N-methyl/N-ethyl adjacent to an activating group) is 1. The molecule has 2 aromatic rings. The van der Waals surface area contributed by atoms with Gasteiger partial charge in [0.25, 0.3) is 0 Å². The molecule has 1 saturated heterocycles. The molecule has 0 bridgehead atoms. The van der Waals surface area contributed by atoms with Crippen LogP contribution in [-0.2, 0) is 10.0 Å². The Morgan fingerprint density at radius 2 is 1.77 bits per heavy atom. The van der Waals surface area contributed by atoms with Crippen molar-refractivity contribution in [2.75, 3.05) is 40.3 Å². The first-order chi connectivity index (χ1) is 14.3. The minimum Gasteiger partial charge on any atom is -0.308 e. The summed E-state index contributed by atoms with van der Waals surface area (Å²) in [6.07, 6.45) is 1.77. The zero-order valence-corrected chi connectivity index (χ0v) is 18.8. The molecular formula is C23H31N3O3S. The Morgan fingerprint density at radius 1 is 1.10 bits per heavy atom.